The quantitative estimate of drug-likeness (QED) is 0.848. The minimum Gasteiger partial charge on any atom is -0.380 e. The van der Waals surface area contributed by atoms with E-state index in [9.17, 15) is 0 Å². The van der Waals surface area contributed by atoms with Crippen LogP contribution in [-0.4, -0.2) is 37.3 Å². The Hall–Kier alpha value is -1.81. The first-order valence-electron chi connectivity index (χ1n) is 6.78. The van der Waals surface area contributed by atoms with Crippen molar-refractivity contribution in [3.63, 3.8) is 0 Å². The molecule has 0 amide bonds. The van der Waals surface area contributed by atoms with Gasteiger partial charge in [-0.25, -0.2) is 0 Å². The highest BCUT2D eigenvalue weighted by Crippen LogP contribution is 2.40. The molecule has 0 saturated carbocycles. The minimum absolute atomic E-state index is 0.338. The van der Waals surface area contributed by atoms with Gasteiger partial charge in [-0.15, -0.1) is 0 Å². The van der Waals surface area contributed by atoms with Gasteiger partial charge >= 0.3 is 0 Å². The fourth-order valence-corrected chi connectivity index (χ4v) is 3.31. The topological polar surface area (TPSA) is 37.4 Å². The van der Waals surface area contributed by atoms with E-state index in [1.165, 1.54) is 11.1 Å². The number of ether oxygens (including phenoxy) is 1. The molecule has 1 aromatic heterocycles. The highest BCUT2D eigenvalue weighted by molar-refractivity contribution is 5.99. The maximum absolute atomic E-state index is 5.55. The van der Waals surface area contributed by atoms with Gasteiger partial charge in [0.15, 0.2) is 0 Å². The SMILES string of the molecule is COC1CC2CNc3cnc4ccccc4c3N2C1. The highest BCUT2D eigenvalue weighted by Gasteiger charge is 2.36. The molecule has 1 saturated heterocycles. The van der Waals surface area contributed by atoms with Gasteiger partial charge in [-0.1, -0.05) is 18.2 Å². The first-order valence-corrected chi connectivity index (χ1v) is 6.78. The molecule has 3 heterocycles. The summed E-state index contributed by atoms with van der Waals surface area (Å²) in [6.07, 6.45) is 3.39. The molecule has 2 aliphatic heterocycles. The van der Waals surface area contributed by atoms with Crippen molar-refractivity contribution in [1.29, 1.82) is 0 Å². The van der Waals surface area contributed by atoms with E-state index in [2.05, 4.69) is 33.4 Å². The van der Waals surface area contributed by atoms with Gasteiger partial charge in [-0.2, -0.15) is 0 Å². The average molecular weight is 255 g/mol. The molecule has 2 atom stereocenters. The fourth-order valence-electron chi connectivity index (χ4n) is 3.31. The third-order valence-electron chi connectivity index (χ3n) is 4.27. The van der Waals surface area contributed by atoms with Crippen molar-refractivity contribution in [3.8, 4) is 0 Å². The Morgan fingerprint density at radius 2 is 2.26 bits per heavy atom. The molecule has 0 radical (unpaired) electrons. The second-order valence-electron chi connectivity index (χ2n) is 5.32. The van der Waals surface area contributed by atoms with E-state index in [4.69, 9.17) is 4.74 Å². The Morgan fingerprint density at radius 3 is 3.16 bits per heavy atom. The van der Waals surface area contributed by atoms with Gasteiger partial charge in [0.05, 0.1) is 29.2 Å². The van der Waals surface area contributed by atoms with Gasteiger partial charge in [0.2, 0.25) is 0 Å². The molecule has 2 aromatic rings. The number of para-hydroxylation sites is 1. The molecule has 1 N–H and O–H groups in total. The molecule has 19 heavy (non-hydrogen) atoms. The number of pyridine rings is 1. The molecular formula is C15H17N3O. The minimum atomic E-state index is 0.338. The number of nitrogens with one attached hydrogen (secondary N) is 1. The van der Waals surface area contributed by atoms with Crippen LogP contribution in [0, 0.1) is 0 Å². The lowest BCUT2D eigenvalue weighted by atomic mass is 10.1. The van der Waals surface area contributed by atoms with Gasteiger partial charge in [-0.3, -0.25) is 4.98 Å². The zero-order valence-electron chi connectivity index (χ0n) is 11.0. The predicted octanol–water partition coefficient (Wildman–Crippen LogP) is 2.25. The maximum Gasteiger partial charge on any atom is 0.0772 e. The Kier molecular flexibility index (Phi) is 2.38. The summed E-state index contributed by atoms with van der Waals surface area (Å²) >= 11 is 0. The van der Waals surface area contributed by atoms with Crippen LogP contribution < -0.4 is 10.2 Å². The lowest BCUT2D eigenvalue weighted by Crippen LogP contribution is -2.39. The fraction of sp³-hybridized carbons (Fsp3) is 0.400. The summed E-state index contributed by atoms with van der Waals surface area (Å²) in [7, 11) is 1.81. The van der Waals surface area contributed by atoms with Crippen LogP contribution in [0.4, 0.5) is 11.4 Å². The molecule has 0 spiro atoms. The van der Waals surface area contributed by atoms with Crippen molar-refractivity contribution < 1.29 is 4.74 Å². The van der Waals surface area contributed by atoms with E-state index in [1.807, 2.05) is 19.4 Å². The first-order chi connectivity index (χ1) is 9.36. The lowest BCUT2D eigenvalue weighted by molar-refractivity contribution is 0.118. The van der Waals surface area contributed by atoms with Crippen molar-refractivity contribution >= 4 is 22.3 Å². The Morgan fingerprint density at radius 1 is 1.37 bits per heavy atom. The van der Waals surface area contributed by atoms with Crippen LogP contribution in [0.3, 0.4) is 0 Å². The van der Waals surface area contributed by atoms with Gasteiger partial charge in [-0.05, 0) is 12.5 Å². The van der Waals surface area contributed by atoms with E-state index in [0.717, 1.165) is 30.7 Å². The number of rotatable bonds is 1. The summed E-state index contributed by atoms with van der Waals surface area (Å²) < 4.78 is 5.55. The highest BCUT2D eigenvalue weighted by atomic mass is 16.5. The van der Waals surface area contributed by atoms with E-state index >= 15 is 0 Å². The number of fused-ring (bicyclic) bond motifs is 5. The van der Waals surface area contributed by atoms with Gasteiger partial charge < -0.3 is 15.0 Å². The number of aromatic nitrogens is 1. The normalized spacial score (nSPS) is 25.0. The van der Waals surface area contributed by atoms with Crippen molar-refractivity contribution in [3.05, 3.63) is 30.5 Å². The monoisotopic (exact) mass is 255 g/mol. The summed E-state index contributed by atoms with van der Waals surface area (Å²) in [6, 6.07) is 8.88. The maximum atomic E-state index is 5.55. The second-order valence-corrected chi connectivity index (χ2v) is 5.32. The van der Waals surface area contributed by atoms with E-state index in [1.54, 1.807) is 0 Å². The summed E-state index contributed by atoms with van der Waals surface area (Å²) in [5.41, 5.74) is 3.50. The average Bonchev–Trinajstić information content (AvgIpc) is 2.90. The second kappa shape index (κ2) is 4.10. The summed E-state index contributed by atoms with van der Waals surface area (Å²) in [5, 5.41) is 4.74. The number of hydrogen-bond acceptors (Lipinski definition) is 4. The van der Waals surface area contributed by atoms with Crippen LogP contribution in [0.5, 0.6) is 0 Å². The Balaban J connectivity index is 1.89. The van der Waals surface area contributed by atoms with Crippen LogP contribution in [-0.2, 0) is 4.74 Å². The summed E-state index contributed by atoms with van der Waals surface area (Å²) in [4.78, 5) is 7.02. The van der Waals surface area contributed by atoms with Crippen LogP contribution in [0.25, 0.3) is 10.9 Å². The summed E-state index contributed by atoms with van der Waals surface area (Å²) in [6.45, 7) is 1.96. The largest absolute Gasteiger partial charge is 0.380 e. The van der Waals surface area contributed by atoms with Gasteiger partial charge in [0, 0.05) is 31.6 Å². The zero-order chi connectivity index (χ0) is 12.8. The molecule has 1 fully saturated rings. The van der Waals surface area contributed by atoms with Crippen LogP contribution in [0.15, 0.2) is 30.5 Å². The number of hydrogen-bond donors (Lipinski definition) is 1. The zero-order valence-corrected chi connectivity index (χ0v) is 11.0. The molecule has 2 unspecified atom stereocenters. The first kappa shape index (κ1) is 11.1. The van der Waals surface area contributed by atoms with Gasteiger partial charge in [0.1, 0.15) is 0 Å². The number of methoxy groups -OCH3 is 1. The van der Waals surface area contributed by atoms with Crippen LogP contribution >= 0.6 is 0 Å². The number of benzene rings is 1. The Bertz CT molecular complexity index is 628. The molecule has 0 aliphatic carbocycles. The van der Waals surface area contributed by atoms with Gasteiger partial charge in [0.25, 0.3) is 0 Å². The molecule has 2 aliphatic rings. The number of anilines is 2. The van der Waals surface area contributed by atoms with E-state index in [0.29, 0.717) is 12.1 Å². The molecule has 4 rings (SSSR count). The molecule has 0 bridgehead atoms. The van der Waals surface area contributed by atoms with Crippen molar-refractivity contribution in [1.82, 2.24) is 4.98 Å². The molecule has 98 valence electrons. The third kappa shape index (κ3) is 1.60. The standard InChI is InChI=1S/C15H17N3O/c1-19-11-6-10-7-16-14-8-17-13-5-3-2-4-12(13)15(14)18(10)9-11/h2-5,8,10-11,16H,6-7,9H2,1H3. The smallest absolute Gasteiger partial charge is 0.0772 e. The molecule has 4 heteroatoms. The molecule has 1 aromatic carbocycles. The molecular weight excluding hydrogens is 238 g/mol. The van der Waals surface area contributed by atoms with Crippen LogP contribution in [0.1, 0.15) is 6.42 Å². The van der Waals surface area contributed by atoms with Crippen molar-refractivity contribution in [2.24, 2.45) is 0 Å². The predicted molar refractivity (Wildman–Crippen MR) is 76.8 cm³/mol. The van der Waals surface area contributed by atoms with E-state index in [-0.39, 0.29) is 0 Å². The van der Waals surface area contributed by atoms with Crippen molar-refractivity contribution in [2.75, 3.05) is 30.4 Å². The summed E-state index contributed by atoms with van der Waals surface area (Å²) in [5.74, 6) is 0. The lowest BCUT2D eigenvalue weighted by Gasteiger charge is -2.34. The Labute approximate surface area is 112 Å². The van der Waals surface area contributed by atoms with Crippen molar-refractivity contribution in [2.45, 2.75) is 18.6 Å². The number of nitrogens with zero attached hydrogens (tertiary/aromatic N) is 2. The van der Waals surface area contributed by atoms with Crippen LogP contribution in [0.2, 0.25) is 0 Å². The van der Waals surface area contributed by atoms with E-state index < -0.39 is 0 Å². The third-order valence-corrected chi connectivity index (χ3v) is 4.27. The molecule has 4 nitrogen and oxygen atoms in total.